The van der Waals surface area contributed by atoms with Gasteiger partial charge in [-0.15, -0.1) is 11.6 Å². The lowest BCUT2D eigenvalue weighted by atomic mass is 10.1. The van der Waals surface area contributed by atoms with Gasteiger partial charge >= 0.3 is 5.97 Å². The molecule has 1 unspecified atom stereocenters. The SMILES string of the molecule is CN(CC(CCl)C(=O)OCc1ccccc1)C(Br)=C(N)N. The summed E-state index contributed by atoms with van der Waals surface area (Å²) in [6.45, 7) is 0.586. The second kappa shape index (κ2) is 8.79. The highest BCUT2D eigenvalue weighted by Gasteiger charge is 2.22. The Balaban J connectivity index is 2.55. The van der Waals surface area contributed by atoms with Gasteiger partial charge in [0.25, 0.3) is 0 Å². The van der Waals surface area contributed by atoms with Gasteiger partial charge in [-0.05, 0) is 21.5 Å². The zero-order valence-corrected chi connectivity index (χ0v) is 14.1. The maximum atomic E-state index is 12.0. The van der Waals surface area contributed by atoms with Gasteiger partial charge in [0.2, 0.25) is 0 Å². The van der Waals surface area contributed by atoms with E-state index in [1.807, 2.05) is 30.3 Å². The average molecular weight is 377 g/mol. The van der Waals surface area contributed by atoms with E-state index in [2.05, 4.69) is 15.9 Å². The number of rotatable bonds is 7. The van der Waals surface area contributed by atoms with E-state index >= 15 is 0 Å². The van der Waals surface area contributed by atoms with Crippen LogP contribution in [0.4, 0.5) is 0 Å². The molecule has 0 aromatic heterocycles. The summed E-state index contributed by atoms with van der Waals surface area (Å²) in [5, 5.41) is 0. The molecular formula is C14H19BrClN3O2. The Morgan fingerprint density at radius 2 is 2.00 bits per heavy atom. The molecule has 0 radical (unpaired) electrons. The topological polar surface area (TPSA) is 81.6 Å². The standard InChI is InChI=1S/C14H19BrClN3O2/c1-19(12(15)13(17)18)8-11(7-16)14(20)21-9-10-5-3-2-4-6-10/h2-6,11H,7-9,17-18H2,1H3. The van der Waals surface area contributed by atoms with Crippen LogP contribution in [0.15, 0.2) is 40.8 Å². The number of ether oxygens (including phenoxy) is 1. The summed E-state index contributed by atoms with van der Waals surface area (Å²) < 4.78 is 5.80. The summed E-state index contributed by atoms with van der Waals surface area (Å²) >= 11 is 9.10. The van der Waals surface area contributed by atoms with Gasteiger partial charge in [-0.3, -0.25) is 4.79 Å². The van der Waals surface area contributed by atoms with Crippen LogP contribution in [-0.2, 0) is 16.1 Å². The van der Waals surface area contributed by atoms with Crippen molar-refractivity contribution in [2.45, 2.75) is 6.61 Å². The van der Waals surface area contributed by atoms with Crippen molar-refractivity contribution in [1.29, 1.82) is 0 Å². The Morgan fingerprint density at radius 3 is 2.52 bits per heavy atom. The first-order chi connectivity index (χ1) is 9.95. The highest BCUT2D eigenvalue weighted by molar-refractivity contribution is 9.11. The lowest BCUT2D eigenvalue weighted by molar-refractivity contribution is -0.149. The smallest absolute Gasteiger partial charge is 0.312 e. The van der Waals surface area contributed by atoms with E-state index in [4.69, 9.17) is 27.8 Å². The molecule has 1 rings (SSSR count). The fourth-order valence-corrected chi connectivity index (χ4v) is 2.03. The maximum absolute atomic E-state index is 12.0. The van der Waals surface area contributed by atoms with Gasteiger partial charge in [0.15, 0.2) is 0 Å². The highest BCUT2D eigenvalue weighted by atomic mass is 79.9. The molecule has 1 aromatic rings. The molecule has 21 heavy (non-hydrogen) atoms. The van der Waals surface area contributed by atoms with E-state index in [1.54, 1.807) is 11.9 Å². The number of benzene rings is 1. The summed E-state index contributed by atoms with van der Waals surface area (Å²) in [6, 6.07) is 9.47. The Hall–Kier alpha value is -1.40. The fraction of sp³-hybridized carbons (Fsp3) is 0.357. The van der Waals surface area contributed by atoms with E-state index in [0.29, 0.717) is 11.2 Å². The zero-order valence-electron chi connectivity index (χ0n) is 11.8. The van der Waals surface area contributed by atoms with Crippen molar-refractivity contribution < 1.29 is 9.53 Å². The minimum absolute atomic E-state index is 0.142. The number of nitrogens with zero attached hydrogens (tertiary/aromatic N) is 1. The molecule has 0 amide bonds. The number of carbonyl (C=O) groups is 1. The molecule has 0 aliphatic carbocycles. The van der Waals surface area contributed by atoms with E-state index in [1.165, 1.54) is 0 Å². The van der Waals surface area contributed by atoms with Crippen LogP contribution in [0.3, 0.4) is 0 Å². The van der Waals surface area contributed by atoms with E-state index in [0.717, 1.165) is 5.56 Å². The molecule has 0 aliphatic rings. The highest BCUT2D eigenvalue weighted by Crippen LogP contribution is 2.15. The van der Waals surface area contributed by atoms with Gasteiger partial charge in [0.05, 0.1) is 5.92 Å². The van der Waals surface area contributed by atoms with Crippen molar-refractivity contribution in [2.24, 2.45) is 17.4 Å². The first kappa shape index (κ1) is 17.7. The molecular weight excluding hydrogens is 358 g/mol. The number of esters is 1. The van der Waals surface area contributed by atoms with Crippen LogP contribution in [0, 0.1) is 5.92 Å². The lowest BCUT2D eigenvalue weighted by Crippen LogP contribution is -2.33. The third-order valence-corrected chi connectivity index (χ3v) is 4.25. The molecule has 0 spiro atoms. The molecule has 0 heterocycles. The molecule has 0 aliphatic heterocycles. The molecule has 0 saturated carbocycles. The second-order valence-electron chi connectivity index (χ2n) is 4.57. The van der Waals surface area contributed by atoms with Gasteiger partial charge in [-0.25, -0.2) is 0 Å². The molecule has 7 heteroatoms. The summed E-state index contributed by atoms with van der Waals surface area (Å²) in [6.07, 6.45) is 0. The molecule has 116 valence electrons. The van der Waals surface area contributed by atoms with Crippen molar-refractivity contribution in [1.82, 2.24) is 4.90 Å². The van der Waals surface area contributed by atoms with Crippen LogP contribution in [0.2, 0.25) is 0 Å². The molecule has 1 atom stereocenters. The van der Waals surface area contributed by atoms with Crippen molar-refractivity contribution in [3.63, 3.8) is 0 Å². The monoisotopic (exact) mass is 375 g/mol. The summed E-state index contributed by atoms with van der Waals surface area (Å²) in [5.74, 6) is -0.518. The van der Waals surface area contributed by atoms with Gasteiger partial charge in [0.1, 0.15) is 17.0 Å². The van der Waals surface area contributed by atoms with Crippen LogP contribution in [-0.4, -0.2) is 30.3 Å². The fourth-order valence-electron chi connectivity index (χ4n) is 1.66. The van der Waals surface area contributed by atoms with Crippen molar-refractivity contribution in [3.05, 3.63) is 46.3 Å². The quantitative estimate of drug-likeness (QED) is 0.432. The molecule has 0 fully saturated rings. The predicted molar refractivity (Wildman–Crippen MR) is 87.4 cm³/mol. The third kappa shape index (κ3) is 5.85. The van der Waals surface area contributed by atoms with Crippen molar-refractivity contribution >= 4 is 33.5 Å². The number of nitrogens with two attached hydrogens (primary N) is 2. The van der Waals surface area contributed by atoms with Crippen molar-refractivity contribution in [2.75, 3.05) is 19.5 Å². The predicted octanol–water partition coefficient (Wildman–Crippen LogP) is 1.96. The first-order valence-corrected chi connectivity index (χ1v) is 7.66. The van der Waals surface area contributed by atoms with Crippen LogP contribution in [0.5, 0.6) is 0 Å². The number of halogens is 2. The zero-order chi connectivity index (χ0) is 15.8. The summed E-state index contributed by atoms with van der Waals surface area (Å²) in [7, 11) is 1.76. The van der Waals surface area contributed by atoms with Crippen molar-refractivity contribution in [3.8, 4) is 0 Å². The normalized spacial score (nSPS) is 11.6. The Bertz CT molecular complexity index is 492. The summed E-state index contributed by atoms with van der Waals surface area (Å²) in [5.41, 5.74) is 11.9. The lowest BCUT2D eigenvalue weighted by Gasteiger charge is -2.23. The number of hydrogen-bond donors (Lipinski definition) is 2. The molecule has 1 aromatic carbocycles. The van der Waals surface area contributed by atoms with Crippen LogP contribution >= 0.6 is 27.5 Å². The van der Waals surface area contributed by atoms with E-state index in [9.17, 15) is 4.79 Å². The third-order valence-electron chi connectivity index (χ3n) is 2.81. The average Bonchev–Trinajstić information content (AvgIpc) is 2.50. The Labute approximate surface area is 138 Å². The van der Waals surface area contributed by atoms with Crippen LogP contribution in [0.25, 0.3) is 0 Å². The second-order valence-corrected chi connectivity index (χ2v) is 5.63. The number of alkyl halides is 1. The maximum Gasteiger partial charge on any atom is 0.312 e. The number of carbonyl (C=O) groups excluding carboxylic acids is 1. The van der Waals surface area contributed by atoms with Gasteiger partial charge < -0.3 is 21.1 Å². The van der Waals surface area contributed by atoms with Gasteiger partial charge in [-0.2, -0.15) is 0 Å². The minimum Gasteiger partial charge on any atom is -0.461 e. The first-order valence-electron chi connectivity index (χ1n) is 6.34. The molecule has 4 N–H and O–H groups in total. The van der Waals surface area contributed by atoms with Gasteiger partial charge in [-0.1, -0.05) is 30.3 Å². The van der Waals surface area contributed by atoms with Crippen LogP contribution < -0.4 is 11.5 Å². The minimum atomic E-state index is -0.465. The van der Waals surface area contributed by atoms with Gasteiger partial charge in [0, 0.05) is 19.5 Å². The Kier molecular flexibility index (Phi) is 7.39. The summed E-state index contributed by atoms with van der Waals surface area (Å²) in [4.78, 5) is 13.8. The van der Waals surface area contributed by atoms with E-state index in [-0.39, 0.29) is 24.3 Å². The Morgan fingerprint density at radius 1 is 1.38 bits per heavy atom. The van der Waals surface area contributed by atoms with E-state index < -0.39 is 5.92 Å². The molecule has 0 saturated heterocycles. The number of hydrogen-bond acceptors (Lipinski definition) is 5. The largest absolute Gasteiger partial charge is 0.461 e. The molecule has 5 nitrogen and oxygen atoms in total. The van der Waals surface area contributed by atoms with Crippen LogP contribution in [0.1, 0.15) is 5.56 Å². The molecule has 0 bridgehead atoms.